The molecule has 6 heteroatoms. The predicted octanol–water partition coefficient (Wildman–Crippen LogP) is 4.03. The van der Waals surface area contributed by atoms with Crippen molar-refractivity contribution in [3.8, 4) is 0 Å². The van der Waals surface area contributed by atoms with Crippen molar-refractivity contribution in [2.45, 2.75) is 46.2 Å². The number of pyridine rings is 1. The van der Waals surface area contributed by atoms with Crippen LogP contribution in [0.15, 0.2) is 41.5 Å². The highest BCUT2D eigenvalue weighted by Crippen LogP contribution is 2.15. The number of rotatable bonds is 9. The summed E-state index contributed by atoms with van der Waals surface area (Å²) in [6, 6.07) is 10.7. The van der Waals surface area contributed by atoms with Crippen LogP contribution in [0.5, 0.6) is 0 Å². The quantitative estimate of drug-likeness (QED) is 0.321. The van der Waals surface area contributed by atoms with Gasteiger partial charge in [0.05, 0.1) is 5.52 Å². The Morgan fingerprint density at radius 3 is 2.63 bits per heavy atom. The van der Waals surface area contributed by atoms with Crippen molar-refractivity contribution in [3.63, 3.8) is 0 Å². The van der Waals surface area contributed by atoms with Gasteiger partial charge in [-0.15, -0.1) is 24.0 Å². The van der Waals surface area contributed by atoms with Crippen molar-refractivity contribution in [3.05, 3.63) is 42.1 Å². The van der Waals surface area contributed by atoms with Crippen LogP contribution in [0.25, 0.3) is 10.9 Å². The Labute approximate surface area is 181 Å². The Morgan fingerprint density at radius 2 is 1.93 bits per heavy atom. The molecule has 1 unspecified atom stereocenters. The van der Waals surface area contributed by atoms with Crippen LogP contribution in [-0.4, -0.2) is 48.6 Å². The lowest BCUT2D eigenvalue weighted by molar-refractivity contribution is 0.292. The number of para-hydroxylation sites is 1. The average Bonchev–Trinajstić information content (AvgIpc) is 2.68. The average molecular weight is 483 g/mol. The monoisotopic (exact) mass is 483 g/mol. The topological polar surface area (TPSA) is 52.5 Å². The highest BCUT2D eigenvalue weighted by atomic mass is 127. The summed E-state index contributed by atoms with van der Waals surface area (Å²) in [5.41, 5.74) is 2.23. The standard InChI is InChI=1S/C21H33N5.HI/c1-5-26(6-2)15-9-10-17(3)25-21(22-4)24-16-19-12-7-11-18-13-8-14-23-20(18)19;/h7-8,11-14,17H,5-6,9-10,15-16H2,1-4H3,(H2,22,24,25);1H. The third-order valence-electron chi connectivity index (χ3n) is 4.78. The fourth-order valence-corrected chi connectivity index (χ4v) is 3.15. The number of nitrogens with zero attached hydrogens (tertiary/aromatic N) is 3. The molecule has 2 aromatic rings. The third-order valence-corrected chi connectivity index (χ3v) is 4.78. The number of aliphatic imine (C=N–C) groups is 1. The van der Waals surface area contributed by atoms with Gasteiger partial charge < -0.3 is 15.5 Å². The summed E-state index contributed by atoms with van der Waals surface area (Å²) in [5.74, 6) is 0.841. The fourth-order valence-electron chi connectivity index (χ4n) is 3.15. The van der Waals surface area contributed by atoms with Crippen LogP contribution in [0.4, 0.5) is 0 Å². The fraction of sp³-hybridized carbons (Fsp3) is 0.524. The molecule has 1 aromatic carbocycles. The molecule has 1 atom stereocenters. The third kappa shape index (κ3) is 7.62. The van der Waals surface area contributed by atoms with Crippen LogP contribution in [0.2, 0.25) is 0 Å². The van der Waals surface area contributed by atoms with E-state index < -0.39 is 0 Å². The molecule has 0 radical (unpaired) electrons. The number of fused-ring (bicyclic) bond motifs is 1. The number of aromatic nitrogens is 1. The largest absolute Gasteiger partial charge is 0.354 e. The SMILES string of the molecule is CCN(CC)CCCC(C)NC(=NC)NCc1cccc2cccnc12.I. The van der Waals surface area contributed by atoms with E-state index in [1.165, 1.54) is 17.4 Å². The summed E-state index contributed by atoms with van der Waals surface area (Å²) in [7, 11) is 1.82. The van der Waals surface area contributed by atoms with Gasteiger partial charge >= 0.3 is 0 Å². The lowest BCUT2D eigenvalue weighted by atomic mass is 10.1. The molecule has 2 rings (SSSR count). The van der Waals surface area contributed by atoms with E-state index in [2.05, 4.69) is 70.5 Å². The van der Waals surface area contributed by atoms with Gasteiger partial charge in [-0.1, -0.05) is 38.1 Å². The molecule has 0 saturated heterocycles. The molecular weight excluding hydrogens is 449 g/mol. The molecule has 1 aromatic heterocycles. The molecule has 0 aliphatic rings. The normalized spacial score (nSPS) is 12.7. The Bertz CT molecular complexity index is 695. The zero-order valence-corrected chi connectivity index (χ0v) is 19.4. The smallest absolute Gasteiger partial charge is 0.191 e. The van der Waals surface area contributed by atoms with E-state index >= 15 is 0 Å². The van der Waals surface area contributed by atoms with Crippen molar-refractivity contribution in [2.75, 3.05) is 26.7 Å². The Balaban J connectivity index is 0.00000364. The molecule has 0 saturated carbocycles. The summed E-state index contributed by atoms with van der Waals surface area (Å²) in [6.07, 6.45) is 4.17. The maximum absolute atomic E-state index is 4.51. The highest BCUT2D eigenvalue weighted by molar-refractivity contribution is 14.0. The predicted molar refractivity (Wildman–Crippen MR) is 127 cm³/mol. The van der Waals surface area contributed by atoms with Crippen LogP contribution in [0.1, 0.15) is 39.2 Å². The van der Waals surface area contributed by atoms with Gasteiger partial charge in [0.2, 0.25) is 0 Å². The van der Waals surface area contributed by atoms with E-state index in [-0.39, 0.29) is 24.0 Å². The second-order valence-electron chi connectivity index (χ2n) is 6.63. The van der Waals surface area contributed by atoms with Crippen molar-refractivity contribution >= 4 is 40.8 Å². The molecule has 0 spiro atoms. The van der Waals surface area contributed by atoms with Gasteiger partial charge in [-0.2, -0.15) is 0 Å². The second-order valence-corrected chi connectivity index (χ2v) is 6.63. The lowest BCUT2D eigenvalue weighted by Gasteiger charge is -2.21. The molecule has 27 heavy (non-hydrogen) atoms. The first-order valence-corrected chi connectivity index (χ1v) is 9.70. The number of nitrogens with one attached hydrogen (secondary N) is 2. The number of benzene rings is 1. The maximum Gasteiger partial charge on any atom is 0.191 e. The van der Waals surface area contributed by atoms with Crippen molar-refractivity contribution < 1.29 is 0 Å². The number of hydrogen-bond donors (Lipinski definition) is 2. The van der Waals surface area contributed by atoms with Crippen LogP contribution >= 0.6 is 24.0 Å². The highest BCUT2D eigenvalue weighted by Gasteiger charge is 2.08. The molecule has 0 fully saturated rings. The zero-order valence-electron chi connectivity index (χ0n) is 17.0. The Kier molecular flexibility index (Phi) is 11.3. The van der Waals surface area contributed by atoms with Gasteiger partial charge in [-0.3, -0.25) is 9.98 Å². The first-order chi connectivity index (χ1) is 12.7. The molecule has 2 N–H and O–H groups in total. The maximum atomic E-state index is 4.51. The van der Waals surface area contributed by atoms with Crippen LogP contribution < -0.4 is 10.6 Å². The Hall–Kier alpha value is -1.41. The van der Waals surface area contributed by atoms with E-state index in [9.17, 15) is 0 Å². The first-order valence-electron chi connectivity index (χ1n) is 9.70. The zero-order chi connectivity index (χ0) is 18.8. The Morgan fingerprint density at radius 1 is 1.19 bits per heavy atom. The minimum Gasteiger partial charge on any atom is -0.354 e. The molecule has 0 bridgehead atoms. The minimum atomic E-state index is 0. The summed E-state index contributed by atoms with van der Waals surface area (Å²) >= 11 is 0. The summed E-state index contributed by atoms with van der Waals surface area (Å²) in [4.78, 5) is 11.3. The van der Waals surface area contributed by atoms with E-state index in [0.29, 0.717) is 12.6 Å². The van der Waals surface area contributed by atoms with Crippen molar-refractivity contribution in [1.29, 1.82) is 0 Å². The van der Waals surface area contributed by atoms with E-state index in [4.69, 9.17) is 0 Å². The molecule has 150 valence electrons. The van der Waals surface area contributed by atoms with Gasteiger partial charge in [0.25, 0.3) is 0 Å². The lowest BCUT2D eigenvalue weighted by Crippen LogP contribution is -2.42. The van der Waals surface area contributed by atoms with Gasteiger partial charge in [-0.05, 0) is 51.0 Å². The summed E-state index contributed by atoms with van der Waals surface area (Å²) < 4.78 is 0. The van der Waals surface area contributed by atoms with Crippen LogP contribution in [0.3, 0.4) is 0 Å². The van der Waals surface area contributed by atoms with E-state index in [0.717, 1.165) is 37.5 Å². The van der Waals surface area contributed by atoms with Crippen molar-refractivity contribution in [2.24, 2.45) is 4.99 Å². The van der Waals surface area contributed by atoms with E-state index in [1.807, 2.05) is 19.3 Å². The van der Waals surface area contributed by atoms with Crippen LogP contribution in [-0.2, 0) is 6.54 Å². The molecule has 5 nitrogen and oxygen atoms in total. The van der Waals surface area contributed by atoms with Crippen LogP contribution in [0, 0.1) is 0 Å². The molecule has 0 aliphatic carbocycles. The van der Waals surface area contributed by atoms with Crippen molar-refractivity contribution in [1.82, 2.24) is 20.5 Å². The summed E-state index contributed by atoms with van der Waals surface area (Å²) in [6.45, 7) is 10.8. The number of hydrogen-bond acceptors (Lipinski definition) is 3. The number of guanidine groups is 1. The van der Waals surface area contributed by atoms with Gasteiger partial charge in [0.1, 0.15) is 0 Å². The number of halogens is 1. The van der Waals surface area contributed by atoms with Gasteiger partial charge in [0, 0.05) is 31.2 Å². The molecule has 0 amide bonds. The van der Waals surface area contributed by atoms with E-state index in [1.54, 1.807) is 0 Å². The second kappa shape index (κ2) is 12.9. The summed E-state index contributed by atoms with van der Waals surface area (Å²) in [5, 5.41) is 8.08. The minimum absolute atomic E-state index is 0. The molecular formula is C21H34IN5. The van der Waals surface area contributed by atoms with Gasteiger partial charge in [-0.25, -0.2) is 0 Å². The van der Waals surface area contributed by atoms with Gasteiger partial charge in [0.15, 0.2) is 5.96 Å². The molecule has 1 heterocycles. The first kappa shape index (κ1) is 23.6. The molecule has 0 aliphatic heterocycles.